The zero-order chi connectivity index (χ0) is 15.5. The van der Waals surface area contributed by atoms with Crippen LogP contribution in [0.3, 0.4) is 0 Å². The van der Waals surface area contributed by atoms with Crippen LogP contribution in [0.15, 0.2) is 35.3 Å². The molecule has 0 atom stereocenters. The average molecular weight is 297 g/mol. The first-order valence-corrected chi connectivity index (χ1v) is 8.01. The molecule has 2 aromatic rings. The summed E-state index contributed by atoms with van der Waals surface area (Å²) < 4.78 is 1.54. The minimum Gasteiger partial charge on any atom is -0.370 e. The van der Waals surface area contributed by atoms with E-state index in [-0.39, 0.29) is 5.56 Å². The van der Waals surface area contributed by atoms with E-state index in [4.69, 9.17) is 0 Å². The molecule has 0 unspecified atom stereocenters. The molecule has 1 aliphatic rings. The van der Waals surface area contributed by atoms with Gasteiger partial charge >= 0.3 is 0 Å². The highest BCUT2D eigenvalue weighted by atomic mass is 16.1. The third kappa shape index (κ3) is 3.38. The topological polar surface area (TPSA) is 38.1 Å². The Kier molecular flexibility index (Phi) is 4.27. The van der Waals surface area contributed by atoms with Crippen LogP contribution in [-0.2, 0) is 6.54 Å². The van der Waals surface area contributed by atoms with Gasteiger partial charge in [-0.25, -0.2) is 4.68 Å². The molecule has 0 N–H and O–H groups in total. The van der Waals surface area contributed by atoms with Crippen molar-refractivity contribution in [2.45, 2.75) is 39.7 Å². The van der Waals surface area contributed by atoms with Crippen LogP contribution in [0.5, 0.6) is 0 Å². The minimum atomic E-state index is -0.0257. The molecule has 4 heteroatoms. The number of hydrogen-bond donors (Lipinski definition) is 0. The summed E-state index contributed by atoms with van der Waals surface area (Å²) in [4.78, 5) is 14.6. The summed E-state index contributed by atoms with van der Waals surface area (Å²) in [6.45, 7) is 6.74. The molecule has 0 saturated carbocycles. The molecule has 0 amide bonds. The smallest absolute Gasteiger partial charge is 0.269 e. The highest BCUT2D eigenvalue weighted by Gasteiger charge is 2.12. The van der Waals surface area contributed by atoms with Gasteiger partial charge in [0.1, 0.15) is 0 Å². The monoisotopic (exact) mass is 297 g/mol. The molecule has 0 aliphatic carbocycles. The van der Waals surface area contributed by atoms with Gasteiger partial charge in [-0.2, -0.15) is 5.10 Å². The van der Waals surface area contributed by atoms with Gasteiger partial charge in [-0.1, -0.05) is 29.3 Å². The molecule has 4 nitrogen and oxygen atoms in total. The first-order chi connectivity index (χ1) is 10.6. The second-order valence-corrected chi connectivity index (χ2v) is 6.25. The lowest BCUT2D eigenvalue weighted by molar-refractivity contribution is 0.571. The molecule has 0 spiro atoms. The predicted molar refractivity (Wildman–Crippen MR) is 89.6 cm³/mol. The fourth-order valence-electron chi connectivity index (χ4n) is 3.20. The zero-order valence-electron chi connectivity index (χ0n) is 13.4. The van der Waals surface area contributed by atoms with E-state index in [0.717, 1.165) is 24.3 Å². The Bertz CT molecular complexity index is 694. The lowest BCUT2D eigenvalue weighted by Crippen LogP contribution is -2.32. The first kappa shape index (κ1) is 14.8. The van der Waals surface area contributed by atoms with Crippen molar-refractivity contribution in [1.29, 1.82) is 0 Å². The Balaban J connectivity index is 1.81. The summed E-state index contributed by atoms with van der Waals surface area (Å²) in [6.07, 6.45) is 5.51. The summed E-state index contributed by atoms with van der Waals surface area (Å²) in [5.41, 5.74) is 4.49. The second-order valence-electron chi connectivity index (χ2n) is 6.25. The van der Waals surface area contributed by atoms with Gasteiger partial charge in [-0.05, 0) is 38.7 Å². The van der Waals surface area contributed by atoms with Crippen molar-refractivity contribution < 1.29 is 0 Å². The van der Waals surface area contributed by atoms with Crippen LogP contribution in [0, 0.1) is 13.8 Å². The van der Waals surface area contributed by atoms with E-state index in [2.05, 4.69) is 42.0 Å². The number of rotatable bonds is 3. The Morgan fingerprint density at radius 1 is 1.00 bits per heavy atom. The van der Waals surface area contributed by atoms with Gasteiger partial charge in [0.25, 0.3) is 5.56 Å². The molecule has 116 valence electrons. The number of anilines is 1. The average Bonchev–Trinajstić information content (AvgIpc) is 2.49. The highest BCUT2D eigenvalue weighted by molar-refractivity contribution is 5.43. The highest BCUT2D eigenvalue weighted by Crippen LogP contribution is 2.17. The third-order valence-electron chi connectivity index (χ3n) is 4.19. The van der Waals surface area contributed by atoms with Crippen molar-refractivity contribution in [3.05, 3.63) is 57.5 Å². The lowest BCUT2D eigenvalue weighted by atomic mass is 10.1. The third-order valence-corrected chi connectivity index (χ3v) is 4.19. The van der Waals surface area contributed by atoms with Gasteiger partial charge < -0.3 is 4.90 Å². The summed E-state index contributed by atoms with van der Waals surface area (Å²) in [5.74, 6) is 0. The van der Waals surface area contributed by atoms with E-state index < -0.39 is 0 Å². The molecule has 2 heterocycles. The van der Waals surface area contributed by atoms with Crippen molar-refractivity contribution in [1.82, 2.24) is 9.78 Å². The molecule has 0 bridgehead atoms. The maximum absolute atomic E-state index is 12.3. The second kappa shape index (κ2) is 6.34. The van der Waals surface area contributed by atoms with Crippen LogP contribution >= 0.6 is 0 Å². The van der Waals surface area contributed by atoms with Gasteiger partial charge in [0, 0.05) is 19.2 Å². The lowest BCUT2D eigenvalue weighted by Gasteiger charge is -2.28. The number of aromatic nitrogens is 2. The van der Waals surface area contributed by atoms with Crippen LogP contribution < -0.4 is 10.5 Å². The Morgan fingerprint density at radius 3 is 2.32 bits per heavy atom. The zero-order valence-corrected chi connectivity index (χ0v) is 13.4. The largest absolute Gasteiger partial charge is 0.370 e. The fraction of sp³-hybridized carbons (Fsp3) is 0.444. The van der Waals surface area contributed by atoms with Crippen LogP contribution in [0.4, 0.5) is 5.69 Å². The molecule has 1 fully saturated rings. The van der Waals surface area contributed by atoms with E-state index >= 15 is 0 Å². The normalized spacial score (nSPS) is 15.1. The number of aryl methyl sites for hydroxylation is 2. The molecular weight excluding hydrogens is 274 g/mol. The van der Waals surface area contributed by atoms with Gasteiger partial charge in [0.15, 0.2) is 0 Å². The SMILES string of the molecule is Cc1cc(C)cc(Cn2ncc(N3CCCCC3)cc2=O)c1. The summed E-state index contributed by atoms with van der Waals surface area (Å²) in [7, 11) is 0. The molecule has 3 rings (SSSR count). The number of nitrogens with zero attached hydrogens (tertiary/aromatic N) is 3. The van der Waals surface area contributed by atoms with Crippen molar-refractivity contribution in [2.24, 2.45) is 0 Å². The van der Waals surface area contributed by atoms with Gasteiger partial charge in [-0.3, -0.25) is 4.79 Å². The summed E-state index contributed by atoms with van der Waals surface area (Å²) in [6, 6.07) is 8.08. The van der Waals surface area contributed by atoms with Crippen molar-refractivity contribution in [3.63, 3.8) is 0 Å². The number of piperidine rings is 1. The van der Waals surface area contributed by atoms with Crippen LogP contribution in [0.1, 0.15) is 36.0 Å². The molecule has 1 aromatic carbocycles. The molecule has 1 aromatic heterocycles. The first-order valence-electron chi connectivity index (χ1n) is 8.01. The summed E-state index contributed by atoms with van der Waals surface area (Å²) >= 11 is 0. The van der Waals surface area contributed by atoms with E-state index in [9.17, 15) is 4.79 Å². The number of hydrogen-bond acceptors (Lipinski definition) is 3. The summed E-state index contributed by atoms with van der Waals surface area (Å²) in [5, 5.41) is 4.37. The van der Waals surface area contributed by atoms with Crippen molar-refractivity contribution >= 4 is 5.69 Å². The van der Waals surface area contributed by atoms with Crippen LogP contribution in [0.2, 0.25) is 0 Å². The molecule has 1 saturated heterocycles. The number of benzene rings is 1. The van der Waals surface area contributed by atoms with Crippen molar-refractivity contribution in [2.75, 3.05) is 18.0 Å². The van der Waals surface area contributed by atoms with Crippen molar-refractivity contribution in [3.8, 4) is 0 Å². The maximum Gasteiger partial charge on any atom is 0.269 e. The standard InChI is InChI=1S/C18H23N3O/c1-14-8-15(2)10-16(9-14)13-21-18(22)11-17(12-19-21)20-6-4-3-5-7-20/h8-12H,3-7,13H2,1-2H3. The van der Waals surface area contributed by atoms with Crippen LogP contribution in [0.25, 0.3) is 0 Å². The Hall–Kier alpha value is -2.10. The molecular formula is C18H23N3O. The van der Waals surface area contributed by atoms with Gasteiger partial charge in [0.05, 0.1) is 18.4 Å². The molecule has 22 heavy (non-hydrogen) atoms. The Morgan fingerprint density at radius 2 is 1.68 bits per heavy atom. The quantitative estimate of drug-likeness (QED) is 0.874. The van der Waals surface area contributed by atoms with E-state index in [0.29, 0.717) is 6.54 Å². The van der Waals surface area contributed by atoms with Crippen LogP contribution in [-0.4, -0.2) is 22.9 Å². The van der Waals surface area contributed by atoms with E-state index in [1.165, 1.54) is 30.4 Å². The molecule has 0 radical (unpaired) electrons. The van der Waals surface area contributed by atoms with Gasteiger partial charge in [0.2, 0.25) is 0 Å². The van der Waals surface area contributed by atoms with E-state index in [1.54, 1.807) is 10.7 Å². The predicted octanol–water partition coefficient (Wildman–Crippen LogP) is 2.90. The molecule has 1 aliphatic heterocycles. The fourth-order valence-corrected chi connectivity index (χ4v) is 3.20. The van der Waals surface area contributed by atoms with E-state index in [1.807, 2.05) is 6.20 Å². The van der Waals surface area contributed by atoms with Gasteiger partial charge in [-0.15, -0.1) is 0 Å². The maximum atomic E-state index is 12.3. The minimum absolute atomic E-state index is 0.0257. The Labute approximate surface area is 131 Å².